The molecule has 4 heterocycles. The lowest BCUT2D eigenvalue weighted by Gasteiger charge is -2.51. The van der Waals surface area contributed by atoms with Crippen molar-refractivity contribution in [1.82, 2.24) is 4.98 Å². The van der Waals surface area contributed by atoms with Gasteiger partial charge >= 0.3 is 6.98 Å². The molecular formula is C32H52BN4+. The predicted octanol–water partition coefficient (Wildman–Crippen LogP) is 7.65. The third-order valence-electron chi connectivity index (χ3n) is 10.2. The maximum absolute atomic E-state index is 5.00. The second kappa shape index (κ2) is 9.93. The molecule has 4 rings (SSSR count). The molecule has 5 heteroatoms. The van der Waals surface area contributed by atoms with Gasteiger partial charge in [0.2, 0.25) is 0 Å². The van der Waals surface area contributed by atoms with Crippen molar-refractivity contribution in [1.29, 1.82) is 0 Å². The lowest BCUT2D eigenvalue weighted by molar-refractivity contribution is -0.759. The van der Waals surface area contributed by atoms with Gasteiger partial charge in [0.15, 0.2) is 0 Å². The van der Waals surface area contributed by atoms with Crippen LogP contribution >= 0.6 is 0 Å². The lowest BCUT2D eigenvalue weighted by Crippen LogP contribution is -2.74. The summed E-state index contributed by atoms with van der Waals surface area (Å²) < 4.78 is 2.60. The van der Waals surface area contributed by atoms with Crippen molar-refractivity contribution in [3.8, 4) is 0 Å². The molecule has 0 N–H and O–H groups in total. The van der Waals surface area contributed by atoms with Gasteiger partial charge in [-0.1, -0.05) is 81.6 Å². The molecule has 4 nitrogen and oxygen atoms in total. The predicted molar refractivity (Wildman–Crippen MR) is 160 cm³/mol. The van der Waals surface area contributed by atoms with Crippen molar-refractivity contribution in [2.75, 3.05) is 22.7 Å². The van der Waals surface area contributed by atoms with E-state index in [1.807, 2.05) is 0 Å². The molecule has 0 spiro atoms. The minimum absolute atomic E-state index is 0.00822. The minimum atomic E-state index is 0.00822. The van der Waals surface area contributed by atoms with E-state index in [1.165, 1.54) is 42.6 Å². The Morgan fingerprint density at radius 1 is 0.919 bits per heavy atom. The molecule has 2 aliphatic rings. The summed E-state index contributed by atoms with van der Waals surface area (Å²) in [6, 6.07) is 9.48. The Hall–Kier alpha value is -2.04. The Bertz CT molecular complexity index is 1110. The van der Waals surface area contributed by atoms with Gasteiger partial charge in [0.1, 0.15) is 11.4 Å². The van der Waals surface area contributed by atoms with Crippen LogP contribution in [0.3, 0.4) is 0 Å². The molecular weight excluding hydrogens is 451 g/mol. The molecule has 0 radical (unpaired) electrons. The largest absolute Gasteiger partial charge is 0.508 e. The Labute approximate surface area is 228 Å². The van der Waals surface area contributed by atoms with Gasteiger partial charge in [-0.2, -0.15) is 0 Å². The van der Waals surface area contributed by atoms with Gasteiger partial charge < -0.3 is 9.62 Å². The first-order valence-corrected chi connectivity index (χ1v) is 14.9. The first-order valence-electron chi connectivity index (χ1n) is 14.9. The van der Waals surface area contributed by atoms with Gasteiger partial charge in [-0.25, -0.2) is 9.55 Å². The first kappa shape index (κ1) is 28.0. The number of unbranched alkanes of at least 4 members (excludes halogenated alkanes) is 2. The van der Waals surface area contributed by atoms with E-state index < -0.39 is 0 Å². The van der Waals surface area contributed by atoms with Crippen LogP contribution in [0.1, 0.15) is 119 Å². The van der Waals surface area contributed by atoms with Crippen LogP contribution in [0.15, 0.2) is 36.7 Å². The van der Waals surface area contributed by atoms with Crippen LogP contribution in [0, 0.1) is 0 Å². The molecule has 0 aliphatic carbocycles. The fourth-order valence-electron chi connectivity index (χ4n) is 7.04. The van der Waals surface area contributed by atoms with Crippen LogP contribution in [0.4, 0.5) is 11.6 Å². The van der Waals surface area contributed by atoms with Gasteiger partial charge in [-0.3, -0.25) is 0 Å². The minimum Gasteiger partial charge on any atom is -0.355 e. The molecule has 0 amide bonds. The van der Waals surface area contributed by atoms with Gasteiger partial charge in [0, 0.05) is 18.8 Å². The van der Waals surface area contributed by atoms with Crippen molar-refractivity contribution in [2.45, 2.75) is 129 Å². The summed E-state index contributed by atoms with van der Waals surface area (Å²) in [5.41, 5.74) is 3.12. The summed E-state index contributed by atoms with van der Waals surface area (Å²) in [7, 11) is 0. The molecule has 0 aromatic carbocycles. The van der Waals surface area contributed by atoms with E-state index in [1.54, 1.807) is 0 Å². The van der Waals surface area contributed by atoms with Crippen LogP contribution in [0.2, 0.25) is 5.31 Å². The van der Waals surface area contributed by atoms with Gasteiger partial charge in [-0.15, -0.1) is 0 Å². The number of pyridine rings is 2. The van der Waals surface area contributed by atoms with Gasteiger partial charge in [0.05, 0.1) is 18.1 Å². The SMILES string of the molecule is CCCCCC(C)(C)c1ccnc(N2CCN3B2C(C)(CC)C(C)(CC)[n+]2ccc(C(C)(C)C)cc23)c1. The number of rotatable bonds is 8. The van der Waals surface area contributed by atoms with E-state index in [9.17, 15) is 0 Å². The van der Waals surface area contributed by atoms with Crippen LogP contribution in [-0.4, -0.2) is 25.1 Å². The highest BCUT2D eigenvalue weighted by Gasteiger charge is 2.69. The molecule has 2 atom stereocenters. The molecule has 1 saturated heterocycles. The molecule has 0 saturated carbocycles. The summed E-state index contributed by atoms with van der Waals surface area (Å²) in [4.78, 5) is 10.3. The Kier molecular flexibility index (Phi) is 7.51. The van der Waals surface area contributed by atoms with Crippen molar-refractivity contribution in [3.63, 3.8) is 0 Å². The number of aromatic nitrogens is 2. The van der Waals surface area contributed by atoms with Gasteiger partial charge in [0.25, 0.3) is 5.82 Å². The maximum atomic E-state index is 5.00. The molecule has 0 bridgehead atoms. The Morgan fingerprint density at radius 3 is 2.24 bits per heavy atom. The Morgan fingerprint density at radius 2 is 1.62 bits per heavy atom. The zero-order chi connectivity index (χ0) is 27.2. The first-order chi connectivity index (χ1) is 17.3. The van der Waals surface area contributed by atoms with E-state index in [0.717, 1.165) is 31.7 Å². The topological polar surface area (TPSA) is 23.3 Å². The number of nitrogens with zero attached hydrogens (tertiary/aromatic N) is 4. The number of hydrogen-bond acceptors (Lipinski definition) is 3. The van der Waals surface area contributed by atoms with Crippen LogP contribution < -0.4 is 14.2 Å². The molecule has 2 aromatic rings. The summed E-state index contributed by atoms with van der Waals surface area (Å²) in [5, 5.41) is 0.0630. The van der Waals surface area contributed by atoms with Crippen molar-refractivity contribution >= 4 is 18.6 Å². The van der Waals surface area contributed by atoms with E-state index in [4.69, 9.17) is 4.98 Å². The molecule has 37 heavy (non-hydrogen) atoms. The van der Waals surface area contributed by atoms with E-state index in [0.29, 0.717) is 0 Å². The quantitative estimate of drug-likeness (QED) is 0.210. The molecule has 2 unspecified atom stereocenters. The number of anilines is 2. The summed E-state index contributed by atoms with van der Waals surface area (Å²) >= 11 is 0. The highest BCUT2D eigenvalue weighted by atomic mass is 15.4. The summed E-state index contributed by atoms with van der Waals surface area (Å²) in [6.07, 6.45) is 11.7. The summed E-state index contributed by atoms with van der Waals surface area (Å²) in [6.45, 7) is 26.2. The maximum Gasteiger partial charge on any atom is 0.508 e. The van der Waals surface area contributed by atoms with Crippen LogP contribution in [-0.2, 0) is 16.4 Å². The number of hydrogen-bond donors (Lipinski definition) is 0. The fraction of sp³-hybridized carbons (Fsp3) is 0.688. The van der Waals surface area contributed by atoms with Gasteiger partial charge in [-0.05, 0) is 66.3 Å². The second-order valence-electron chi connectivity index (χ2n) is 13.8. The smallest absolute Gasteiger partial charge is 0.355 e. The normalized spacial score (nSPS) is 23.9. The standard InChI is InChI=1S/C32H52BN4/c1-11-14-15-18-30(7,8)26-16-19-34-27(23-26)36-21-22-37-28-24-25(29(4,5)6)17-20-35(28)32(10,13-3)31(9,12-2)33(36)37/h16-17,19-20,23-24H,11-15,18,21-22H2,1-10H3/q+1. The van der Waals surface area contributed by atoms with Crippen molar-refractivity contribution in [3.05, 3.63) is 47.8 Å². The van der Waals surface area contributed by atoms with E-state index in [2.05, 4.69) is 120 Å². The van der Waals surface area contributed by atoms with E-state index >= 15 is 0 Å². The lowest BCUT2D eigenvalue weighted by atomic mass is 9.39. The van der Waals surface area contributed by atoms with Crippen LogP contribution in [0.25, 0.3) is 0 Å². The highest BCUT2D eigenvalue weighted by molar-refractivity contribution is 6.71. The fourth-order valence-corrected chi connectivity index (χ4v) is 7.04. The summed E-state index contributed by atoms with van der Waals surface area (Å²) in [5.74, 6) is 2.51. The van der Waals surface area contributed by atoms with Crippen molar-refractivity contribution in [2.24, 2.45) is 0 Å². The third kappa shape index (κ3) is 4.59. The zero-order valence-corrected chi connectivity index (χ0v) is 25.5. The average Bonchev–Trinajstić information content (AvgIpc) is 3.32. The monoisotopic (exact) mass is 503 g/mol. The second-order valence-corrected chi connectivity index (χ2v) is 13.8. The highest BCUT2D eigenvalue weighted by Crippen LogP contribution is 2.55. The Balaban J connectivity index is 1.81. The van der Waals surface area contributed by atoms with Crippen LogP contribution in [0.5, 0.6) is 0 Å². The molecule has 2 aliphatic heterocycles. The van der Waals surface area contributed by atoms with Crippen molar-refractivity contribution < 1.29 is 4.57 Å². The zero-order valence-electron chi connectivity index (χ0n) is 25.5. The van der Waals surface area contributed by atoms with E-state index in [-0.39, 0.29) is 28.7 Å². The number of fused-ring (bicyclic) bond motifs is 3. The third-order valence-corrected chi connectivity index (χ3v) is 10.2. The molecule has 1 fully saturated rings. The molecule has 202 valence electrons. The molecule has 2 aromatic heterocycles. The average molecular weight is 504 g/mol.